The number of benzene rings is 1. The number of hydrogen-bond acceptors (Lipinski definition) is 3. The third-order valence-corrected chi connectivity index (χ3v) is 1.99. The highest BCUT2D eigenvalue weighted by Gasteiger charge is 2.02. The van der Waals surface area contributed by atoms with Crippen LogP contribution in [0.4, 0.5) is 0 Å². The molecule has 1 aromatic heterocycles. The molecular formula is C11H9N3O. The van der Waals surface area contributed by atoms with Gasteiger partial charge in [0.25, 0.3) is 0 Å². The number of amides is 1. The summed E-state index contributed by atoms with van der Waals surface area (Å²) in [4.78, 5) is 19.0. The number of rotatable bonds is 2. The van der Waals surface area contributed by atoms with Crippen molar-refractivity contribution in [1.82, 2.24) is 9.97 Å². The van der Waals surface area contributed by atoms with Crippen molar-refractivity contribution in [1.29, 1.82) is 0 Å². The summed E-state index contributed by atoms with van der Waals surface area (Å²) in [5, 5.41) is 0. The van der Waals surface area contributed by atoms with E-state index in [2.05, 4.69) is 9.97 Å². The van der Waals surface area contributed by atoms with Gasteiger partial charge in [0.15, 0.2) is 5.82 Å². The lowest BCUT2D eigenvalue weighted by Gasteiger charge is -1.99. The summed E-state index contributed by atoms with van der Waals surface area (Å²) >= 11 is 0. The smallest absolute Gasteiger partial charge is 0.248 e. The standard InChI is InChI=1S/C11H9N3O/c12-10(15)8-2-4-9(5-3-8)11-13-6-1-7-14-11/h1-7H,(H2,12,15). The molecule has 0 saturated carbocycles. The number of hydrogen-bond donors (Lipinski definition) is 1. The van der Waals surface area contributed by atoms with Gasteiger partial charge in [-0.2, -0.15) is 0 Å². The molecule has 0 unspecified atom stereocenters. The van der Waals surface area contributed by atoms with Gasteiger partial charge in [0, 0.05) is 23.5 Å². The zero-order valence-corrected chi connectivity index (χ0v) is 7.92. The number of primary amides is 1. The zero-order chi connectivity index (χ0) is 10.7. The molecule has 4 heteroatoms. The van der Waals surface area contributed by atoms with Crippen LogP contribution in [0.15, 0.2) is 42.7 Å². The van der Waals surface area contributed by atoms with Crippen molar-refractivity contribution in [3.8, 4) is 11.4 Å². The van der Waals surface area contributed by atoms with Crippen LogP contribution in [0.25, 0.3) is 11.4 Å². The minimum absolute atomic E-state index is 0.435. The van der Waals surface area contributed by atoms with Crippen LogP contribution in [-0.4, -0.2) is 15.9 Å². The molecule has 1 amide bonds. The Hall–Kier alpha value is -2.23. The van der Waals surface area contributed by atoms with Crippen LogP contribution in [0.5, 0.6) is 0 Å². The fraction of sp³-hybridized carbons (Fsp3) is 0. The van der Waals surface area contributed by atoms with Gasteiger partial charge in [-0.25, -0.2) is 9.97 Å². The van der Waals surface area contributed by atoms with E-state index >= 15 is 0 Å². The first-order valence-electron chi connectivity index (χ1n) is 4.44. The average Bonchev–Trinajstić information content (AvgIpc) is 2.30. The van der Waals surface area contributed by atoms with Crippen LogP contribution in [-0.2, 0) is 0 Å². The van der Waals surface area contributed by atoms with Crippen molar-refractivity contribution >= 4 is 5.91 Å². The third kappa shape index (κ3) is 1.99. The Labute approximate surface area is 86.8 Å². The second-order valence-corrected chi connectivity index (χ2v) is 3.01. The van der Waals surface area contributed by atoms with Crippen molar-refractivity contribution in [3.63, 3.8) is 0 Å². The lowest BCUT2D eigenvalue weighted by Crippen LogP contribution is -2.10. The molecular weight excluding hydrogens is 190 g/mol. The highest BCUT2D eigenvalue weighted by molar-refractivity contribution is 5.93. The van der Waals surface area contributed by atoms with Crippen molar-refractivity contribution in [2.75, 3.05) is 0 Å². The van der Waals surface area contributed by atoms with Crippen LogP contribution in [0.2, 0.25) is 0 Å². The van der Waals surface area contributed by atoms with Gasteiger partial charge in [-0.3, -0.25) is 4.79 Å². The van der Waals surface area contributed by atoms with Crippen molar-refractivity contribution in [2.45, 2.75) is 0 Å². The molecule has 0 aliphatic rings. The van der Waals surface area contributed by atoms with Gasteiger partial charge in [0.2, 0.25) is 5.91 Å². The molecule has 1 heterocycles. The summed E-state index contributed by atoms with van der Waals surface area (Å²) in [5.74, 6) is 0.198. The summed E-state index contributed by atoms with van der Waals surface area (Å²) in [6.45, 7) is 0. The van der Waals surface area contributed by atoms with E-state index in [1.807, 2.05) is 0 Å². The first-order valence-corrected chi connectivity index (χ1v) is 4.44. The molecule has 0 atom stereocenters. The zero-order valence-electron chi connectivity index (χ0n) is 7.92. The van der Waals surface area contributed by atoms with E-state index in [1.165, 1.54) is 0 Å². The Bertz CT molecular complexity index is 465. The minimum Gasteiger partial charge on any atom is -0.366 e. The summed E-state index contributed by atoms with van der Waals surface area (Å²) in [5.41, 5.74) is 6.48. The second-order valence-electron chi connectivity index (χ2n) is 3.01. The number of carbonyl (C=O) groups excluding carboxylic acids is 1. The molecule has 0 spiro atoms. The Balaban J connectivity index is 2.36. The third-order valence-electron chi connectivity index (χ3n) is 1.99. The van der Waals surface area contributed by atoms with E-state index in [4.69, 9.17) is 5.73 Å². The van der Waals surface area contributed by atoms with Crippen molar-refractivity contribution in [3.05, 3.63) is 48.3 Å². The normalized spacial score (nSPS) is 9.87. The SMILES string of the molecule is NC(=O)c1ccc(-c2ncccn2)cc1. The number of aromatic nitrogens is 2. The van der Waals surface area contributed by atoms with E-state index in [-0.39, 0.29) is 0 Å². The highest BCUT2D eigenvalue weighted by atomic mass is 16.1. The molecule has 2 rings (SSSR count). The summed E-state index contributed by atoms with van der Waals surface area (Å²) in [6.07, 6.45) is 3.34. The predicted molar refractivity (Wildman–Crippen MR) is 56.0 cm³/mol. The maximum Gasteiger partial charge on any atom is 0.248 e. The van der Waals surface area contributed by atoms with Crippen LogP contribution in [0.1, 0.15) is 10.4 Å². The molecule has 4 nitrogen and oxygen atoms in total. The minimum atomic E-state index is -0.435. The molecule has 1 aromatic carbocycles. The highest BCUT2D eigenvalue weighted by Crippen LogP contribution is 2.14. The largest absolute Gasteiger partial charge is 0.366 e. The molecule has 0 aliphatic heterocycles. The summed E-state index contributed by atoms with van der Waals surface area (Å²) in [7, 11) is 0. The molecule has 2 aromatic rings. The van der Waals surface area contributed by atoms with Gasteiger partial charge in [0.1, 0.15) is 0 Å². The van der Waals surface area contributed by atoms with Crippen molar-refractivity contribution < 1.29 is 4.79 Å². The van der Waals surface area contributed by atoms with Gasteiger partial charge in [-0.05, 0) is 18.2 Å². The summed E-state index contributed by atoms with van der Waals surface area (Å²) in [6, 6.07) is 8.62. The van der Waals surface area contributed by atoms with E-state index in [0.717, 1.165) is 5.56 Å². The van der Waals surface area contributed by atoms with Crippen molar-refractivity contribution in [2.24, 2.45) is 5.73 Å². The fourth-order valence-corrected chi connectivity index (χ4v) is 1.23. The first kappa shape index (κ1) is 9.33. The fourth-order valence-electron chi connectivity index (χ4n) is 1.23. The van der Waals surface area contributed by atoms with E-state index < -0.39 is 5.91 Å². The molecule has 0 fully saturated rings. The quantitative estimate of drug-likeness (QED) is 0.791. The molecule has 15 heavy (non-hydrogen) atoms. The van der Waals surface area contributed by atoms with E-state index in [0.29, 0.717) is 11.4 Å². The average molecular weight is 199 g/mol. The molecule has 0 radical (unpaired) electrons. The van der Waals surface area contributed by atoms with Crippen LogP contribution in [0.3, 0.4) is 0 Å². The monoisotopic (exact) mass is 199 g/mol. The maximum absolute atomic E-state index is 10.8. The maximum atomic E-state index is 10.8. The van der Waals surface area contributed by atoms with Gasteiger partial charge < -0.3 is 5.73 Å². The molecule has 74 valence electrons. The lowest BCUT2D eigenvalue weighted by atomic mass is 10.1. The molecule has 0 aliphatic carbocycles. The lowest BCUT2D eigenvalue weighted by molar-refractivity contribution is 0.100. The second kappa shape index (κ2) is 3.88. The van der Waals surface area contributed by atoms with Gasteiger partial charge in [-0.1, -0.05) is 12.1 Å². The number of nitrogens with zero attached hydrogens (tertiary/aromatic N) is 2. The van der Waals surface area contributed by atoms with Gasteiger partial charge in [0.05, 0.1) is 0 Å². The Morgan fingerprint density at radius 3 is 2.20 bits per heavy atom. The number of carbonyl (C=O) groups is 1. The Kier molecular flexibility index (Phi) is 2.41. The predicted octanol–water partition coefficient (Wildman–Crippen LogP) is 1.24. The Morgan fingerprint density at radius 2 is 1.67 bits per heavy atom. The van der Waals surface area contributed by atoms with Crippen LogP contribution < -0.4 is 5.73 Å². The summed E-state index contributed by atoms with van der Waals surface area (Å²) < 4.78 is 0. The topological polar surface area (TPSA) is 68.9 Å². The molecule has 0 saturated heterocycles. The number of nitrogens with two attached hydrogens (primary N) is 1. The molecule has 2 N–H and O–H groups in total. The van der Waals surface area contributed by atoms with Crippen LogP contribution >= 0.6 is 0 Å². The van der Waals surface area contributed by atoms with Gasteiger partial charge in [-0.15, -0.1) is 0 Å². The first-order chi connectivity index (χ1) is 7.27. The van der Waals surface area contributed by atoms with E-state index in [9.17, 15) is 4.79 Å². The Morgan fingerprint density at radius 1 is 1.07 bits per heavy atom. The van der Waals surface area contributed by atoms with Gasteiger partial charge >= 0.3 is 0 Å². The van der Waals surface area contributed by atoms with E-state index in [1.54, 1.807) is 42.7 Å². The van der Waals surface area contributed by atoms with Crippen LogP contribution in [0, 0.1) is 0 Å². The molecule has 0 bridgehead atoms.